The molecule has 0 aliphatic rings. The van der Waals surface area contributed by atoms with E-state index in [9.17, 15) is 0 Å². The Morgan fingerprint density at radius 2 is 1.88 bits per heavy atom. The minimum Gasteiger partial charge on any atom is -0.0999 e. The van der Waals surface area contributed by atoms with Crippen LogP contribution in [0.5, 0.6) is 0 Å². The zero-order valence-electron chi connectivity index (χ0n) is 12.7. The van der Waals surface area contributed by atoms with E-state index in [0.717, 1.165) is 5.92 Å². The van der Waals surface area contributed by atoms with E-state index < -0.39 is 0 Å². The molecule has 0 N–H and O–H groups in total. The third kappa shape index (κ3) is 8.24. The molecule has 0 amide bonds. The van der Waals surface area contributed by atoms with Crippen LogP contribution in [0.4, 0.5) is 0 Å². The smallest absolute Gasteiger partial charge is 0.0234 e. The highest BCUT2D eigenvalue weighted by Crippen LogP contribution is 2.24. The molecule has 0 spiro atoms. The Morgan fingerprint density at radius 1 is 1.24 bits per heavy atom. The third-order valence-corrected chi connectivity index (χ3v) is 3.83. The third-order valence-electron chi connectivity index (χ3n) is 3.83. The van der Waals surface area contributed by atoms with Gasteiger partial charge in [-0.3, -0.25) is 0 Å². The van der Waals surface area contributed by atoms with Gasteiger partial charge in [-0.05, 0) is 51.4 Å². The number of allylic oxidation sites excluding steroid dienone is 3. The SMILES string of the molecule is C=C(C)C(C)CC(CC)CC=C(C)CCCC. The van der Waals surface area contributed by atoms with Gasteiger partial charge in [0.2, 0.25) is 0 Å². The quantitative estimate of drug-likeness (QED) is 0.422. The first kappa shape index (κ1) is 16.5. The van der Waals surface area contributed by atoms with Crippen LogP contribution in [0, 0.1) is 11.8 Å². The lowest BCUT2D eigenvalue weighted by atomic mass is 9.87. The molecule has 100 valence electrons. The molecule has 0 rings (SSSR count). The summed E-state index contributed by atoms with van der Waals surface area (Å²) in [6.45, 7) is 15.4. The van der Waals surface area contributed by atoms with Crippen LogP contribution >= 0.6 is 0 Å². The number of rotatable bonds is 9. The first-order valence-electron chi connectivity index (χ1n) is 7.32. The van der Waals surface area contributed by atoms with Crippen LogP contribution in [0.25, 0.3) is 0 Å². The van der Waals surface area contributed by atoms with Crippen LogP contribution < -0.4 is 0 Å². The molecule has 0 aliphatic heterocycles. The maximum absolute atomic E-state index is 4.06. The Balaban J connectivity index is 4.08. The molecule has 0 radical (unpaired) electrons. The summed E-state index contributed by atoms with van der Waals surface area (Å²) in [4.78, 5) is 0. The standard InChI is InChI=1S/C17H32/c1-7-9-10-15(5)11-12-17(8-2)13-16(6)14(3)4/h11,16-17H,3,7-10,12-13H2,1-2,4-6H3. The first-order chi connectivity index (χ1) is 8.01. The Morgan fingerprint density at radius 3 is 2.35 bits per heavy atom. The molecule has 0 aliphatic carbocycles. The van der Waals surface area contributed by atoms with Gasteiger partial charge in [0.25, 0.3) is 0 Å². The zero-order chi connectivity index (χ0) is 13.3. The largest absolute Gasteiger partial charge is 0.0999 e. The summed E-state index contributed by atoms with van der Waals surface area (Å²) in [7, 11) is 0. The topological polar surface area (TPSA) is 0 Å². The minimum absolute atomic E-state index is 0.671. The van der Waals surface area contributed by atoms with Crippen LogP contribution in [-0.4, -0.2) is 0 Å². The van der Waals surface area contributed by atoms with Gasteiger partial charge >= 0.3 is 0 Å². The van der Waals surface area contributed by atoms with Crippen molar-refractivity contribution in [3.63, 3.8) is 0 Å². The van der Waals surface area contributed by atoms with Crippen molar-refractivity contribution in [1.82, 2.24) is 0 Å². The Hall–Kier alpha value is -0.520. The molecule has 0 aromatic heterocycles. The van der Waals surface area contributed by atoms with E-state index in [1.54, 1.807) is 5.57 Å². The van der Waals surface area contributed by atoms with Gasteiger partial charge in [0.15, 0.2) is 0 Å². The molecular weight excluding hydrogens is 204 g/mol. The normalized spacial score (nSPS) is 15.7. The highest BCUT2D eigenvalue weighted by molar-refractivity contribution is 5.00. The van der Waals surface area contributed by atoms with E-state index in [2.05, 4.69) is 47.3 Å². The van der Waals surface area contributed by atoms with E-state index in [4.69, 9.17) is 0 Å². The maximum Gasteiger partial charge on any atom is -0.0234 e. The number of hydrogen-bond acceptors (Lipinski definition) is 0. The lowest BCUT2D eigenvalue weighted by molar-refractivity contribution is 0.413. The van der Waals surface area contributed by atoms with Crippen LogP contribution in [-0.2, 0) is 0 Å². The lowest BCUT2D eigenvalue weighted by Crippen LogP contribution is -2.06. The molecule has 0 heteroatoms. The number of hydrogen-bond donors (Lipinski definition) is 0. The Kier molecular flexibility index (Phi) is 9.21. The average Bonchev–Trinajstić information content (AvgIpc) is 2.31. The molecule has 2 atom stereocenters. The van der Waals surface area contributed by atoms with Crippen LogP contribution in [0.1, 0.15) is 73.1 Å². The van der Waals surface area contributed by atoms with Crippen LogP contribution in [0.15, 0.2) is 23.8 Å². The Bertz CT molecular complexity index is 234. The summed E-state index contributed by atoms with van der Waals surface area (Å²) in [5.74, 6) is 1.50. The van der Waals surface area contributed by atoms with Crippen molar-refractivity contribution in [3.8, 4) is 0 Å². The van der Waals surface area contributed by atoms with Crippen molar-refractivity contribution in [2.75, 3.05) is 0 Å². The summed E-state index contributed by atoms with van der Waals surface area (Å²) < 4.78 is 0. The maximum atomic E-state index is 4.06. The Labute approximate surface area is 109 Å². The molecule has 2 unspecified atom stereocenters. The van der Waals surface area contributed by atoms with E-state index in [0.29, 0.717) is 5.92 Å². The predicted octanol–water partition coefficient (Wildman–Crippen LogP) is 6.14. The molecule has 0 aromatic carbocycles. The fourth-order valence-electron chi connectivity index (χ4n) is 2.06. The van der Waals surface area contributed by atoms with Crippen LogP contribution in [0.2, 0.25) is 0 Å². The van der Waals surface area contributed by atoms with Gasteiger partial charge in [0, 0.05) is 0 Å². The molecule has 0 nitrogen and oxygen atoms in total. The zero-order valence-corrected chi connectivity index (χ0v) is 12.7. The number of unbranched alkanes of at least 4 members (excludes halogenated alkanes) is 1. The summed E-state index contributed by atoms with van der Waals surface area (Å²) in [5, 5.41) is 0. The van der Waals surface area contributed by atoms with Gasteiger partial charge < -0.3 is 0 Å². The molecule has 0 saturated heterocycles. The van der Waals surface area contributed by atoms with E-state index in [1.807, 2.05) is 0 Å². The summed E-state index contributed by atoms with van der Waals surface area (Å²) >= 11 is 0. The van der Waals surface area contributed by atoms with Crippen molar-refractivity contribution >= 4 is 0 Å². The van der Waals surface area contributed by atoms with Gasteiger partial charge in [-0.1, -0.05) is 57.4 Å². The second kappa shape index (κ2) is 9.50. The molecule has 0 bridgehead atoms. The molecule has 0 saturated carbocycles. The highest BCUT2D eigenvalue weighted by atomic mass is 14.2. The van der Waals surface area contributed by atoms with Gasteiger partial charge in [-0.25, -0.2) is 0 Å². The second-order valence-corrected chi connectivity index (χ2v) is 5.65. The highest BCUT2D eigenvalue weighted by Gasteiger charge is 2.10. The van der Waals surface area contributed by atoms with Gasteiger partial charge in [-0.15, -0.1) is 0 Å². The van der Waals surface area contributed by atoms with Gasteiger partial charge in [-0.2, -0.15) is 0 Å². The lowest BCUT2D eigenvalue weighted by Gasteiger charge is -2.19. The molecule has 0 fully saturated rings. The fourth-order valence-corrected chi connectivity index (χ4v) is 2.06. The van der Waals surface area contributed by atoms with E-state index >= 15 is 0 Å². The average molecular weight is 236 g/mol. The second-order valence-electron chi connectivity index (χ2n) is 5.65. The fraction of sp³-hybridized carbons (Fsp3) is 0.765. The van der Waals surface area contributed by atoms with Crippen molar-refractivity contribution in [1.29, 1.82) is 0 Å². The van der Waals surface area contributed by atoms with Crippen molar-refractivity contribution in [2.24, 2.45) is 11.8 Å². The summed E-state index contributed by atoms with van der Waals surface area (Å²) in [6, 6.07) is 0. The van der Waals surface area contributed by atoms with E-state index in [-0.39, 0.29) is 0 Å². The molecular formula is C17H32. The minimum atomic E-state index is 0.671. The van der Waals surface area contributed by atoms with Crippen molar-refractivity contribution in [2.45, 2.75) is 73.1 Å². The monoisotopic (exact) mass is 236 g/mol. The first-order valence-corrected chi connectivity index (χ1v) is 7.32. The molecule has 0 heterocycles. The van der Waals surface area contributed by atoms with Gasteiger partial charge in [0.05, 0.1) is 0 Å². The van der Waals surface area contributed by atoms with Crippen molar-refractivity contribution < 1.29 is 0 Å². The summed E-state index contributed by atoms with van der Waals surface area (Å²) in [6.07, 6.45) is 10.2. The molecule has 17 heavy (non-hydrogen) atoms. The van der Waals surface area contributed by atoms with Crippen LogP contribution in [0.3, 0.4) is 0 Å². The van der Waals surface area contributed by atoms with E-state index in [1.165, 1.54) is 44.1 Å². The summed E-state index contributed by atoms with van der Waals surface area (Å²) in [5.41, 5.74) is 2.91. The van der Waals surface area contributed by atoms with Crippen molar-refractivity contribution in [3.05, 3.63) is 23.8 Å². The molecule has 0 aromatic rings. The van der Waals surface area contributed by atoms with Gasteiger partial charge in [0.1, 0.15) is 0 Å². The predicted molar refractivity (Wildman–Crippen MR) is 80.3 cm³/mol.